The monoisotopic (exact) mass is 387 g/mol. The van der Waals surface area contributed by atoms with Crippen LogP contribution in [0.15, 0.2) is 84.9 Å². The second-order valence-electron chi connectivity index (χ2n) is 6.32. The lowest BCUT2D eigenvalue weighted by atomic mass is 10.1. The van der Waals surface area contributed by atoms with Crippen molar-refractivity contribution in [3.8, 4) is 22.7 Å². The summed E-state index contributed by atoms with van der Waals surface area (Å²) in [6.07, 6.45) is 0. The molecule has 1 N–H and O–H groups in total. The highest BCUT2D eigenvalue weighted by Crippen LogP contribution is 2.25. The molecular formula is C23H18FN3O2. The molecular weight excluding hydrogens is 369 g/mol. The van der Waals surface area contributed by atoms with Gasteiger partial charge in [0.25, 0.3) is 5.91 Å². The third-order valence-electron chi connectivity index (χ3n) is 4.45. The van der Waals surface area contributed by atoms with Crippen LogP contribution in [0, 0.1) is 5.82 Å². The smallest absolute Gasteiger partial charge is 0.274 e. The minimum Gasteiger partial charge on any atom is -0.497 e. The van der Waals surface area contributed by atoms with E-state index in [2.05, 4.69) is 10.4 Å². The maximum absolute atomic E-state index is 14.0. The average Bonchev–Trinajstić information content (AvgIpc) is 3.22. The summed E-state index contributed by atoms with van der Waals surface area (Å²) in [4.78, 5) is 12.9. The highest BCUT2D eigenvalue weighted by molar-refractivity contribution is 6.04. The summed E-state index contributed by atoms with van der Waals surface area (Å²) in [5.41, 5.74) is 2.59. The van der Waals surface area contributed by atoms with Gasteiger partial charge in [-0.3, -0.25) is 4.79 Å². The molecule has 29 heavy (non-hydrogen) atoms. The molecule has 0 spiro atoms. The van der Waals surface area contributed by atoms with Gasteiger partial charge in [-0.15, -0.1) is 0 Å². The number of carbonyl (C=O) groups excluding carboxylic acids is 1. The molecule has 144 valence electrons. The largest absolute Gasteiger partial charge is 0.497 e. The number of hydrogen-bond acceptors (Lipinski definition) is 3. The molecule has 0 saturated heterocycles. The number of methoxy groups -OCH3 is 1. The first-order valence-corrected chi connectivity index (χ1v) is 9.01. The maximum Gasteiger partial charge on any atom is 0.274 e. The lowest BCUT2D eigenvalue weighted by Gasteiger charge is -2.08. The number of halogens is 1. The molecule has 0 aliphatic heterocycles. The fraction of sp³-hybridized carbons (Fsp3) is 0.0435. The molecule has 0 aliphatic rings. The van der Waals surface area contributed by atoms with Gasteiger partial charge in [0, 0.05) is 5.56 Å². The van der Waals surface area contributed by atoms with Crippen LogP contribution in [0.5, 0.6) is 5.75 Å². The van der Waals surface area contributed by atoms with Gasteiger partial charge in [-0.25, -0.2) is 9.07 Å². The Morgan fingerprint density at radius 2 is 1.66 bits per heavy atom. The number of benzene rings is 3. The number of aromatic nitrogens is 2. The van der Waals surface area contributed by atoms with Crippen LogP contribution in [-0.4, -0.2) is 22.8 Å². The molecule has 1 heterocycles. The third kappa shape index (κ3) is 3.87. The van der Waals surface area contributed by atoms with Crippen molar-refractivity contribution < 1.29 is 13.9 Å². The molecule has 4 rings (SSSR count). The lowest BCUT2D eigenvalue weighted by molar-refractivity contribution is 0.101. The van der Waals surface area contributed by atoms with Crippen LogP contribution in [0.2, 0.25) is 0 Å². The molecule has 4 aromatic rings. The van der Waals surface area contributed by atoms with Gasteiger partial charge in [-0.05, 0) is 54.6 Å². The number of carbonyl (C=O) groups is 1. The minimum atomic E-state index is -0.498. The van der Waals surface area contributed by atoms with Gasteiger partial charge in [0.1, 0.15) is 17.3 Å². The van der Waals surface area contributed by atoms with Crippen LogP contribution in [0.1, 0.15) is 10.5 Å². The Morgan fingerprint density at radius 3 is 2.34 bits per heavy atom. The third-order valence-corrected chi connectivity index (χ3v) is 4.45. The van der Waals surface area contributed by atoms with E-state index in [1.54, 1.807) is 30.0 Å². The van der Waals surface area contributed by atoms with E-state index in [0.717, 1.165) is 17.0 Å². The Labute approximate surface area is 167 Å². The summed E-state index contributed by atoms with van der Waals surface area (Å²) in [5.74, 6) is -0.220. The van der Waals surface area contributed by atoms with Gasteiger partial charge in [0.05, 0.1) is 24.2 Å². The van der Waals surface area contributed by atoms with E-state index in [1.807, 2.05) is 54.6 Å². The van der Waals surface area contributed by atoms with E-state index in [-0.39, 0.29) is 5.69 Å². The first-order chi connectivity index (χ1) is 14.2. The van der Waals surface area contributed by atoms with Crippen molar-refractivity contribution >= 4 is 11.6 Å². The molecule has 1 aromatic heterocycles. The summed E-state index contributed by atoms with van der Waals surface area (Å²) in [6, 6.07) is 24.4. The molecule has 0 atom stereocenters. The number of anilines is 1. The van der Waals surface area contributed by atoms with Crippen LogP contribution in [0.25, 0.3) is 16.9 Å². The van der Waals surface area contributed by atoms with Gasteiger partial charge in [0.2, 0.25) is 0 Å². The zero-order valence-corrected chi connectivity index (χ0v) is 15.7. The highest BCUT2D eigenvalue weighted by Gasteiger charge is 2.19. The number of rotatable bonds is 5. The Morgan fingerprint density at radius 1 is 0.966 bits per heavy atom. The van der Waals surface area contributed by atoms with Gasteiger partial charge in [0.15, 0.2) is 0 Å². The molecule has 0 fully saturated rings. The molecule has 5 nitrogen and oxygen atoms in total. The fourth-order valence-corrected chi connectivity index (χ4v) is 2.96. The number of nitrogens with zero attached hydrogens (tertiary/aromatic N) is 2. The Hall–Kier alpha value is -3.93. The summed E-state index contributed by atoms with van der Waals surface area (Å²) < 4.78 is 20.7. The van der Waals surface area contributed by atoms with Crippen LogP contribution in [-0.2, 0) is 0 Å². The number of amides is 1. The minimum absolute atomic E-state index is 0.115. The molecule has 0 saturated carbocycles. The second kappa shape index (κ2) is 7.98. The van der Waals surface area contributed by atoms with E-state index < -0.39 is 11.7 Å². The van der Waals surface area contributed by atoms with Crippen molar-refractivity contribution in [2.75, 3.05) is 12.4 Å². The standard InChI is InChI=1S/C23H18FN3O2/c1-29-18-13-11-16(12-14-18)21-15-22(27(26-21)17-7-3-2-4-8-17)23(28)25-20-10-6-5-9-19(20)24/h2-15H,1H3,(H,25,28). The second-order valence-corrected chi connectivity index (χ2v) is 6.32. The Bertz CT molecular complexity index is 1140. The molecule has 6 heteroatoms. The van der Waals surface area contributed by atoms with Gasteiger partial charge in [-0.2, -0.15) is 5.10 Å². The normalized spacial score (nSPS) is 10.6. The van der Waals surface area contributed by atoms with Crippen LogP contribution >= 0.6 is 0 Å². The average molecular weight is 387 g/mol. The van der Waals surface area contributed by atoms with Crippen molar-refractivity contribution in [2.45, 2.75) is 0 Å². The van der Waals surface area contributed by atoms with Crippen molar-refractivity contribution in [1.29, 1.82) is 0 Å². The van der Waals surface area contributed by atoms with Gasteiger partial charge in [-0.1, -0.05) is 30.3 Å². The fourth-order valence-electron chi connectivity index (χ4n) is 2.96. The van der Waals surface area contributed by atoms with Crippen LogP contribution in [0.3, 0.4) is 0 Å². The maximum atomic E-state index is 14.0. The lowest BCUT2D eigenvalue weighted by Crippen LogP contribution is -2.17. The molecule has 3 aromatic carbocycles. The number of nitrogens with one attached hydrogen (secondary N) is 1. The van der Waals surface area contributed by atoms with Gasteiger partial charge >= 0.3 is 0 Å². The highest BCUT2D eigenvalue weighted by atomic mass is 19.1. The molecule has 0 bridgehead atoms. The SMILES string of the molecule is COc1ccc(-c2cc(C(=O)Nc3ccccc3F)n(-c3ccccc3)n2)cc1. The van der Waals surface area contributed by atoms with Crippen molar-refractivity contribution in [1.82, 2.24) is 9.78 Å². The summed E-state index contributed by atoms with van der Waals surface area (Å²) in [5, 5.41) is 7.24. The predicted molar refractivity (Wildman–Crippen MR) is 110 cm³/mol. The first-order valence-electron chi connectivity index (χ1n) is 9.01. The van der Waals surface area contributed by atoms with E-state index in [0.29, 0.717) is 11.4 Å². The number of para-hydroxylation sites is 2. The van der Waals surface area contributed by atoms with Crippen molar-refractivity contribution in [2.24, 2.45) is 0 Å². The van der Waals surface area contributed by atoms with E-state index in [4.69, 9.17) is 4.74 Å². The Kier molecular flexibility index (Phi) is 5.07. The van der Waals surface area contributed by atoms with Crippen LogP contribution in [0.4, 0.5) is 10.1 Å². The van der Waals surface area contributed by atoms with Crippen molar-refractivity contribution in [3.05, 3.63) is 96.4 Å². The van der Waals surface area contributed by atoms with E-state index >= 15 is 0 Å². The van der Waals surface area contributed by atoms with Crippen LogP contribution < -0.4 is 10.1 Å². The zero-order valence-electron chi connectivity index (χ0n) is 15.7. The predicted octanol–water partition coefficient (Wildman–Crippen LogP) is 4.94. The molecule has 0 unspecified atom stereocenters. The zero-order chi connectivity index (χ0) is 20.2. The quantitative estimate of drug-likeness (QED) is 0.528. The first kappa shape index (κ1) is 18.4. The van der Waals surface area contributed by atoms with Crippen molar-refractivity contribution in [3.63, 3.8) is 0 Å². The number of hydrogen-bond donors (Lipinski definition) is 1. The molecule has 0 radical (unpaired) electrons. The van der Waals surface area contributed by atoms with E-state index in [9.17, 15) is 9.18 Å². The Balaban J connectivity index is 1.75. The van der Waals surface area contributed by atoms with Gasteiger partial charge < -0.3 is 10.1 Å². The summed E-state index contributed by atoms with van der Waals surface area (Å²) >= 11 is 0. The summed E-state index contributed by atoms with van der Waals surface area (Å²) in [7, 11) is 1.60. The summed E-state index contributed by atoms with van der Waals surface area (Å²) in [6.45, 7) is 0. The molecule has 0 aliphatic carbocycles. The number of ether oxygens (including phenoxy) is 1. The topological polar surface area (TPSA) is 56.1 Å². The van der Waals surface area contributed by atoms with E-state index in [1.165, 1.54) is 12.1 Å². The molecule has 1 amide bonds.